The first-order valence-electron chi connectivity index (χ1n) is 6.27. The number of rotatable bonds is 4. The summed E-state index contributed by atoms with van der Waals surface area (Å²) in [5, 5.41) is 4.15. The lowest BCUT2D eigenvalue weighted by Crippen LogP contribution is -2.08. The fraction of sp³-hybridized carbons (Fsp3) is 0.250. The van der Waals surface area contributed by atoms with Crippen molar-refractivity contribution >= 4 is 17.3 Å². The highest BCUT2D eigenvalue weighted by Gasteiger charge is 2.11. The minimum absolute atomic E-state index is 0.122. The van der Waals surface area contributed by atoms with Gasteiger partial charge in [0.1, 0.15) is 5.75 Å². The number of hydrogen-bond acceptors (Lipinski definition) is 2. The third kappa shape index (κ3) is 3.21. The van der Waals surface area contributed by atoms with E-state index >= 15 is 0 Å². The van der Waals surface area contributed by atoms with E-state index in [4.69, 9.17) is 16.3 Å². The van der Waals surface area contributed by atoms with Crippen LogP contribution in [0.2, 0.25) is 5.02 Å². The number of nitrogens with one attached hydrogen (secondary N) is 1. The van der Waals surface area contributed by atoms with E-state index in [0.29, 0.717) is 0 Å². The van der Waals surface area contributed by atoms with Crippen LogP contribution in [0.3, 0.4) is 0 Å². The van der Waals surface area contributed by atoms with Gasteiger partial charge in [0.2, 0.25) is 0 Å². The topological polar surface area (TPSA) is 21.3 Å². The minimum Gasteiger partial charge on any atom is -0.496 e. The largest absolute Gasteiger partial charge is 0.496 e. The molecule has 2 nitrogen and oxygen atoms in total. The van der Waals surface area contributed by atoms with Gasteiger partial charge in [0.25, 0.3) is 0 Å². The summed E-state index contributed by atoms with van der Waals surface area (Å²) < 4.78 is 5.38. The number of anilines is 1. The molecule has 2 aromatic carbocycles. The molecule has 0 radical (unpaired) electrons. The summed E-state index contributed by atoms with van der Waals surface area (Å²) in [6, 6.07) is 14.1. The van der Waals surface area contributed by atoms with Crippen LogP contribution in [0.4, 0.5) is 5.69 Å². The van der Waals surface area contributed by atoms with Gasteiger partial charge < -0.3 is 10.1 Å². The zero-order chi connectivity index (χ0) is 13.8. The Kier molecular flexibility index (Phi) is 4.33. The zero-order valence-corrected chi connectivity index (χ0v) is 12.2. The summed E-state index contributed by atoms with van der Waals surface area (Å²) in [6.45, 7) is 4.12. The Morgan fingerprint density at radius 1 is 1.16 bits per heavy atom. The van der Waals surface area contributed by atoms with Crippen LogP contribution in [-0.4, -0.2) is 7.11 Å². The van der Waals surface area contributed by atoms with Crippen LogP contribution in [0.1, 0.15) is 24.1 Å². The molecule has 0 spiro atoms. The Morgan fingerprint density at radius 3 is 2.58 bits per heavy atom. The number of ether oxygens (including phenoxy) is 1. The fourth-order valence-electron chi connectivity index (χ4n) is 2.07. The highest BCUT2D eigenvalue weighted by molar-refractivity contribution is 6.33. The van der Waals surface area contributed by atoms with Crippen molar-refractivity contribution in [3.63, 3.8) is 0 Å². The van der Waals surface area contributed by atoms with Gasteiger partial charge in [-0.2, -0.15) is 0 Å². The van der Waals surface area contributed by atoms with Crippen LogP contribution in [0.15, 0.2) is 42.5 Å². The van der Waals surface area contributed by atoms with Crippen molar-refractivity contribution in [3.8, 4) is 5.75 Å². The summed E-state index contributed by atoms with van der Waals surface area (Å²) in [6.07, 6.45) is 0. The number of para-hydroxylation sites is 1. The first-order chi connectivity index (χ1) is 9.11. The molecule has 1 unspecified atom stereocenters. The molecule has 1 N–H and O–H groups in total. The predicted molar refractivity (Wildman–Crippen MR) is 81.2 cm³/mol. The molecule has 100 valence electrons. The number of methoxy groups -OCH3 is 1. The lowest BCUT2D eigenvalue weighted by atomic mass is 10.1. The van der Waals surface area contributed by atoms with E-state index in [2.05, 4.69) is 18.3 Å². The molecular weight excluding hydrogens is 258 g/mol. The van der Waals surface area contributed by atoms with Crippen LogP contribution >= 0.6 is 11.6 Å². The van der Waals surface area contributed by atoms with Gasteiger partial charge in [-0.1, -0.05) is 35.9 Å². The van der Waals surface area contributed by atoms with Gasteiger partial charge in [-0.15, -0.1) is 0 Å². The van der Waals surface area contributed by atoms with Crippen molar-refractivity contribution in [2.45, 2.75) is 19.9 Å². The molecule has 0 heterocycles. The number of hydrogen-bond donors (Lipinski definition) is 1. The van der Waals surface area contributed by atoms with E-state index in [9.17, 15) is 0 Å². The summed E-state index contributed by atoms with van der Waals surface area (Å²) in [5.74, 6) is 0.880. The van der Waals surface area contributed by atoms with Crippen molar-refractivity contribution in [3.05, 3.63) is 58.6 Å². The summed E-state index contributed by atoms with van der Waals surface area (Å²) in [4.78, 5) is 0. The minimum atomic E-state index is 0.122. The van der Waals surface area contributed by atoms with Crippen LogP contribution < -0.4 is 10.1 Å². The average Bonchev–Trinajstić information content (AvgIpc) is 2.41. The van der Waals surface area contributed by atoms with Crippen LogP contribution in [0, 0.1) is 6.92 Å². The van der Waals surface area contributed by atoms with Gasteiger partial charge in [-0.05, 0) is 37.6 Å². The van der Waals surface area contributed by atoms with Crippen molar-refractivity contribution in [2.24, 2.45) is 0 Å². The highest BCUT2D eigenvalue weighted by atomic mass is 35.5. The van der Waals surface area contributed by atoms with Gasteiger partial charge in [0, 0.05) is 5.56 Å². The quantitative estimate of drug-likeness (QED) is 0.863. The first kappa shape index (κ1) is 13.8. The molecule has 0 bridgehead atoms. The van der Waals surface area contributed by atoms with Gasteiger partial charge in [-0.25, -0.2) is 0 Å². The van der Waals surface area contributed by atoms with Gasteiger partial charge in [0.15, 0.2) is 0 Å². The molecule has 0 amide bonds. The Balaban J connectivity index is 2.23. The molecule has 0 aliphatic heterocycles. The first-order valence-corrected chi connectivity index (χ1v) is 6.65. The lowest BCUT2D eigenvalue weighted by molar-refractivity contribution is 0.408. The third-order valence-electron chi connectivity index (χ3n) is 3.10. The normalized spacial score (nSPS) is 12.0. The molecule has 3 heteroatoms. The smallest absolute Gasteiger partial charge is 0.124 e. The Labute approximate surface area is 119 Å². The molecule has 2 rings (SSSR count). The Hall–Kier alpha value is -1.67. The molecule has 0 saturated carbocycles. The second-order valence-electron chi connectivity index (χ2n) is 4.59. The molecule has 2 aromatic rings. The third-order valence-corrected chi connectivity index (χ3v) is 3.41. The van der Waals surface area contributed by atoms with Crippen LogP contribution in [0.5, 0.6) is 5.75 Å². The fourth-order valence-corrected chi connectivity index (χ4v) is 2.36. The van der Waals surface area contributed by atoms with Crippen molar-refractivity contribution in [1.82, 2.24) is 0 Å². The molecule has 0 aromatic heterocycles. The molecule has 0 fully saturated rings. The number of aryl methyl sites for hydroxylation is 1. The second kappa shape index (κ2) is 5.98. The van der Waals surface area contributed by atoms with Gasteiger partial charge in [0.05, 0.1) is 23.9 Å². The standard InChI is InChI=1S/C16H18ClNO/c1-11-8-9-15(14(17)10-11)18-12(2)13-6-4-5-7-16(13)19-3/h4-10,12,18H,1-3H3. The maximum absolute atomic E-state index is 6.24. The van der Waals surface area contributed by atoms with E-state index in [-0.39, 0.29) is 6.04 Å². The summed E-state index contributed by atoms with van der Waals surface area (Å²) >= 11 is 6.24. The summed E-state index contributed by atoms with van der Waals surface area (Å²) in [7, 11) is 1.68. The molecule has 0 saturated heterocycles. The van der Waals surface area contributed by atoms with E-state index in [1.807, 2.05) is 43.3 Å². The Morgan fingerprint density at radius 2 is 1.89 bits per heavy atom. The molecule has 1 atom stereocenters. The van der Waals surface area contributed by atoms with Crippen molar-refractivity contribution < 1.29 is 4.74 Å². The maximum atomic E-state index is 6.24. The SMILES string of the molecule is COc1ccccc1C(C)Nc1ccc(C)cc1Cl. The average molecular weight is 276 g/mol. The van der Waals surface area contributed by atoms with E-state index in [0.717, 1.165) is 27.6 Å². The molecule has 0 aliphatic carbocycles. The highest BCUT2D eigenvalue weighted by Crippen LogP contribution is 2.30. The van der Waals surface area contributed by atoms with E-state index in [1.54, 1.807) is 7.11 Å². The molecular formula is C16H18ClNO. The van der Waals surface area contributed by atoms with Crippen LogP contribution in [-0.2, 0) is 0 Å². The zero-order valence-electron chi connectivity index (χ0n) is 11.4. The molecule has 19 heavy (non-hydrogen) atoms. The van der Waals surface area contributed by atoms with Crippen molar-refractivity contribution in [2.75, 3.05) is 12.4 Å². The molecule has 0 aliphatic rings. The Bertz CT molecular complexity index is 568. The van der Waals surface area contributed by atoms with E-state index < -0.39 is 0 Å². The van der Waals surface area contributed by atoms with Gasteiger partial charge in [-0.3, -0.25) is 0 Å². The van der Waals surface area contributed by atoms with E-state index in [1.165, 1.54) is 0 Å². The lowest BCUT2D eigenvalue weighted by Gasteiger charge is -2.19. The summed E-state index contributed by atoms with van der Waals surface area (Å²) in [5.41, 5.74) is 3.20. The second-order valence-corrected chi connectivity index (χ2v) is 5.00. The van der Waals surface area contributed by atoms with Crippen LogP contribution in [0.25, 0.3) is 0 Å². The number of halogens is 1. The number of benzene rings is 2. The maximum Gasteiger partial charge on any atom is 0.124 e. The monoisotopic (exact) mass is 275 g/mol. The van der Waals surface area contributed by atoms with Crippen molar-refractivity contribution in [1.29, 1.82) is 0 Å². The predicted octanol–water partition coefficient (Wildman–Crippen LogP) is 4.83. The van der Waals surface area contributed by atoms with Gasteiger partial charge >= 0.3 is 0 Å².